The Morgan fingerprint density at radius 3 is 1.93 bits per heavy atom. The van der Waals surface area contributed by atoms with Gasteiger partial charge in [-0.3, -0.25) is 4.79 Å². The van der Waals surface area contributed by atoms with Crippen molar-refractivity contribution in [3.8, 4) is 0 Å². The molecule has 1 saturated carbocycles. The SMILES string of the molecule is CC(C)(C)[Si](O[C@@H]1[C@@H](O)[C@@H](O)[C@H]2CC(=O)O[C@H]21)(c1ccccc1)c1ccccc1. The molecule has 2 fully saturated rings. The number of aliphatic hydroxyl groups is 2. The molecule has 1 heterocycles. The van der Waals surface area contributed by atoms with E-state index >= 15 is 0 Å². The average molecular weight is 413 g/mol. The van der Waals surface area contributed by atoms with Crippen molar-refractivity contribution in [3.05, 3.63) is 60.7 Å². The van der Waals surface area contributed by atoms with Crippen molar-refractivity contribution in [3.63, 3.8) is 0 Å². The van der Waals surface area contributed by atoms with Crippen molar-refractivity contribution in [1.29, 1.82) is 0 Å². The van der Waals surface area contributed by atoms with Gasteiger partial charge in [0.15, 0.2) is 0 Å². The van der Waals surface area contributed by atoms with Gasteiger partial charge in [0.2, 0.25) is 0 Å². The molecule has 154 valence electrons. The van der Waals surface area contributed by atoms with Crippen molar-refractivity contribution >= 4 is 24.7 Å². The van der Waals surface area contributed by atoms with Crippen LogP contribution in [0.15, 0.2) is 60.7 Å². The molecule has 1 saturated heterocycles. The molecule has 0 unspecified atom stereocenters. The summed E-state index contributed by atoms with van der Waals surface area (Å²) in [6, 6.07) is 20.2. The van der Waals surface area contributed by atoms with Crippen LogP contribution in [0.2, 0.25) is 5.04 Å². The molecule has 4 rings (SSSR count). The molecule has 2 aromatic carbocycles. The van der Waals surface area contributed by atoms with Crippen LogP contribution in [0.25, 0.3) is 0 Å². The van der Waals surface area contributed by atoms with Crippen molar-refractivity contribution in [2.45, 2.75) is 56.6 Å². The predicted octanol–water partition coefficient (Wildman–Crippen LogP) is 1.60. The van der Waals surface area contributed by atoms with E-state index in [4.69, 9.17) is 9.16 Å². The fraction of sp³-hybridized carbons (Fsp3) is 0.435. The Morgan fingerprint density at radius 2 is 1.45 bits per heavy atom. The lowest BCUT2D eigenvalue weighted by molar-refractivity contribution is -0.146. The number of aliphatic hydroxyl groups excluding tert-OH is 2. The maximum atomic E-state index is 11.9. The van der Waals surface area contributed by atoms with Crippen LogP contribution in [-0.2, 0) is 14.0 Å². The summed E-state index contributed by atoms with van der Waals surface area (Å²) in [5.74, 6) is -0.775. The van der Waals surface area contributed by atoms with Crippen LogP contribution in [0.5, 0.6) is 0 Å². The number of fused-ring (bicyclic) bond motifs is 1. The van der Waals surface area contributed by atoms with Crippen LogP contribution in [0.3, 0.4) is 0 Å². The predicted molar refractivity (Wildman–Crippen MR) is 112 cm³/mol. The van der Waals surface area contributed by atoms with Gasteiger partial charge in [-0.25, -0.2) is 0 Å². The van der Waals surface area contributed by atoms with Crippen LogP contribution in [0, 0.1) is 5.92 Å². The van der Waals surface area contributed by atoms with Gasteiger partial charge in [-0.1, -0.05) is 81.4 Å². The standard InChI is InChI=1S/C23H28O5Si/c1-23(2,3)29(15-10-6-4-7-11-15,16-12-8-5-9-13-16)28-22-20(26)19(25)17-14-18(24)27-21(17)22/h4-13,17,19-22,25-26H,14H2,1-3H3/t17-,19+,20+,21-,22-/m1/s1. The number of rotatable bonds is 4. The zero-order chi connectivity index (χ0) is 20.8. The van der Waals surface area contributed by atoms with Gasteiger partial charge < -0.3 is 19.4 Å². The molecule has 0 aromatic heterocycles. The van der Waals surface area contributed by atoms with Crippen LogP contribution < -0.4 is 10.4 Å². The highest BCUT2D eigenvalue weighted by Crippen LogP contribution is 2.44. The molecule has 5 nitrogen and oxygen atoms in total. The number of ether oxygens (including phenoxy) is 1. The second kappa shape index (κ2) is 7.36. The highest BCUT2D eigenvalue weighted by atomic mass is 28.4. The Balaban J connectivity index is 1.86. The number of carbonyl (C=O) groups is 1. The lowest BCUT2D eigenvalue weighted by Gasteiger charge is -2.45. The van der Waals surface area contributed by atoms with Gasteiger partial charge in [0, 0.05) is 5.92 Å². The fourth-order valence-electron chi connectivity index (χ4n) is 4.90. The van der Waals surface area contributed by atoms with Gasteiger partial charge in [-0.05, 0) is 15.4 Å². The number of esters is 1. The van der Waals surface area contributed by atoms with Gasteiger partial charge >= 0.3 is 5.97 Å². The summed E-state index contributed by atoms with van der Waals surface area (Å²) in [5, 5.41) is 23.3. The summed E-state index contributed by atoms with van der Waals surface area (Å²) < 4.78 is 12.4. The first-order valence-electron chi connectivity index (χ1n) is 10.1. The van der Waals surface area contributed by atoms with E-state index < -0.39 is 38.7 Å². The van der Waals surface area contributed by atoms with Gasteiger partial charge in [0.05, 0.1) is 12.5 Å². The summed E-state index contributed by atoms with van der Waals surface area (Å²) in [4.78, 5) is 11.9. The Morgan fingerprint density at radius 1 is 0.931 bits per heavy atom. The first-order valence-corrected chi connectivity index (χ1v) is 12.0. The minimum absolute atomic E-state index is 0.115. The molecule has 0 radical (unpaired) electrons. The monoisotopic (exact) mass is 412 g/mol. The first kappa shape index (κ1) is 20.3. The van der Waals surface area contributed by atoms with E-state index in [1.807, 2.05) is 36.4 Å². The number of benzene rings is 2. The molecule has 1 aliphatic heterocycles. The molecule has 5 atom stereocenters. The van der Waals surface area contributed by atoms with Crippen molar-refractivity contribution in [1.82, 2.24) is 0 Å². The van der Waals surface area contributed by atoms with E-state index in [1.54, 1.807) is 0 Å². The van der Waals surface area contributed by atoms with E-state index in [1.165, 1.54) is 0 Å². The molecule has 2 aliphatic rings. The lowest BCUT2D eigenvalue weighted by atomic mass is 10.0. The minimum atomic E-state index is -2.93. The molecule has 2 aromatic rings. The van der Waals surface area contributed by atoms with Crippen LogP contribution in [0.4, 0.5) is 0 Å². The highest BCUT2D eigenvalue weighted by molar-refractivity contribution is 6.99. The number of carbonyl (C=O) groups excluding carboxylic acids is 1. The Bertz CT molecular complexity index is 824. The van der Waals surface area contributed by atoms with Crippen molar-refractivity contribution < 1.29 is 24.2 Å². The van der Waals surface area contributed by atoms with E-state index in [0.29, 0.717) is 0 Å². The fourth-order valence-corrected chi connectivity index (χ4v) is 9.59. The van der Waals surface area contributed by atoms with Crippen LogP contribution in [0.1, 0.15) is 27.2 Å². The molecular formula is C23H28O5Si. The molecular weight excluding hydrogens is 384 g/mol. The van der Waals surface area contributed by atoms with Crippen LogP contribution in [-0.4, -0.2) is 48.9 Å². The maximum Gasteiger partial charge on any atom is 0.306 e. The second-order valence-corrected chi connectivity index (χ2v) is 13.3. The number of hydrogen-bond acceptors (Lipinski definition) is 5. The Hall–Kier alpha value is -1.99. The van der Waals surface area contributed by atoms with Crippen molar-refractivity contribution in [2.24, 2.45) is 5.92 Å². The van der Waals surface area contributed by atoms with E-state index in [-0.39, 0.29) is 17.4 Å². The number of hydrogen-bond donors (Lipinski definition) is 2. The lowest BCUT2D eigenvalue weighted by Crippen LogP contribution is -2.69. The average Bonchev–Trinajstić information content (AvgIpc) is 3.18. The molecule has 0 spiro atoms. The smallest absolute Gasteiger partial charge is 0.306 e. The van der Waals surface area contributed by atoms with Gasteiger partial charge in [0.1, 0.15) is 18.3 Å². The summed E-state index contributed by atoms with van der Waals surface area (Å²) in [6.07, 6.45) is -3.42. The Kier molecular flexibility index (Phi) is 5.15. The summed E-state index contributed by atoms with van der Waals surface area (Å²) in [5.41, 5.74) is 0. The molecule has 0 amide bonds. The third-order valence-corrected chi connectivity index (χ3v) is 11.3. The zero-order valence-corrected chi connectivity index (χ0v) is 18.0. The summed E-state index contributed by atoms with van der Waals surface area (Å²) >= 11 is 0. The van der Waals surface area contributed by atoms with Crippen LogP contribution >= 0.6 is 0 Å². The van der Waals surface area contributed by atoms with E-state index in [2.05, 4.69) is 45.0 Å². The van der Waals surface area contributed by atoms with Gasteiger partial charge in [-0.15, -0.1) is 0 Å². The third kappa shape index (κ3) is 3.24. The molecule has 2 N–H and O–H groups in total. The Labute approximate surface area is 172 Å². The van der Waals surface area contributed by atoms with E-state index in [9.17, 15) is 15.0 Å². The molecule has 0 bridgehead atoms. The maximum absolute atomic E-state index is 11.9. The normalized spacial score (nSPS) is 29.6. The minimum Gasteiger partial charge on any atom is -0.459 e. The van der Waals surface area contributed by atoms with E-state index in [0.717, 1.165) is 10.4 Å². The highest BCUT2D eigenvalue weighted by Gasteiger charge is 2.61. The summed E-state index contributed by atoms with van der Waals surface area (Å²) in [6.45, 7) is 6.44. The van der Waals surface area contributed by atoms with Gasteiger partial charge in [0.25, 0.3) is 8.32 Å². The third-order valence-electron chi connectivity index (χ3n) is 6.27. The summed E-state index contributed by atoms with van der Waals surface area (Å²) in [7, 11) is -2.93. The largest absolute Gasteiger partial charge is 0.459 e. The second-order valence-electron chi connectivity index (χ2n) is 9.05. The zero-order valence-electron chi connectivity index (χ0n) is 17.0. The molecule has 29 heavy (non-hydrogen) atoms. The quantitative estimate of drug-likeness (QED) is 0.589. The topological polar surface area (TPSA) is 76.0 Å². The molecule has 6 heteroatoms. The first-order chi connectivity index (χ1) is 13.8. The van der Waals surface area contributed by atoms with Gasteiger partial charge in [-0.2, -0.15) is 0 Å². The van der Waals surface area contributed by atoms with Crippen molar-refractivity contribution in [2.75, 3.05) is 0 Å². The molecule has 1 aliphatic carbocycles.